The molecule has 0 unspecified atom stereocenters. The molecular weight excluding hydrogens is 308 g/mol. The summed E-state index contributed by atoms with van der Waals surface area (Å²) >= 11 is 4.88. The van der Waals surface area contributed by atoms with E-state index in [1.54, 1.807) is 19.1 Å². The van der Waals surface area contributed by atoms with E-state index in [9.17, 15) is 8.42 Å². The second kappa shape index (κ2) is 8.43. The lowest BCUT2D eigenvalue weighted by atomic mass is 10.1. The molecule has 0 heterocycles. The lowest BCUT2D eigenvalue weighted by Gasteiger charge is -2.10. The maximum Gasteiger partial charge on any atom is 0.240 e. The number of sulfonamides is 1. The van der Waals surface area contributed by atoms with Gasteiger partial charge in [-0.05, 0) is 37.5 Å². The van der Waals surface area contributed by atoms with Crippen molar-refractivity contribution >= 4 is 27.2 Å². The Balaban J connectivity index is 2.64. The molecule has 1 aromatic rings. The van der Waals surface area contributed by atoms with E-state index < -0.39 is 10.0 Å². The Morgan fingerprint density at radius 1 is 1.38 bits per heavy atom. The predicted molar refractivity (Wildman–Crippen MR) is 88.0 cm³/mol. The average Bonchev–Trinajstić information content (AvgIpc) is 2.42. The van der Waals surface area contributed by atoms with Gasteiger partial charge in [0.05, 0.1) is 4.90 Å². The van der Waals surface area contributed by atoms with Crippen LogP contribution in [-0.2, 0) is 14.8 Å². The Morgan fingerprint density at radius 2 is 2.10 bits per heavy atom. The summed E-state index contributed by atoms with van der Waals surface area (Å²) in [5, 5.41) is 0. The van der Waals surface area contributed by atoms with Gasteiger partial charge in [-0.15, -0.1) is 0 Å². The van der Waals surface area contributed by atoms with Crippen molar-refractivity contribution in [2.24, 2.45) is 5.73 Å². The van der Waals surface area contributed by atoms with Gasteiger partial charge in [-0.2, -0.15) is 0 Å². The molecule has 0 amide bonds. The first-order valence-corrected chi connectivity index (χ1v) is 8.75. The number of thiocarbonyl (C=S) groups is 1. The molecule has 7 heteroatoms. The molecule has 0 aliphatic heterocycles. The molecule has 0 aliphatic rings. The molecule has 0 spiro atoms. The van der Waals surface area contributed by atoms with E-state index >= 15 is 0 Å². The Bertz CT molecular complexity index is 586. The molecule has 1 aromatic carbocycles. The second-order valence-electron chi connectivity index (χ2n) is 4.71. The number of aryl methyl sites for hydroxylation is 1. The fourth-order valence-electron chi connectivity index (χ4n) is 1.81. The summed E-state index contributed by atoms with van der Waals surface area (Å²) < 4.78 is 32.3. The second-order valence-corrected chi connectivity index (χ2v) is 6.88. The molecule has 0 atom stereocenters. The standard InChI is InChI=1S/C14H22N2O3S2/c1-3-8-19-9-4-7-16-21(17,18)13-6-5-12(14(15)20)10-11(13)2/h5-6,10,16H,3-4,7-9H2,1-2H3,(H2,15,20). The number of nitrogens with one attached hydrogen (secondary N) is 1. The van der Waals surface area contributed by atoms with Crippen LogP contribution in [0, 0.1) is 6.92 Å². The third kappa shape index (κ3) is 5.70. The Labute approximate surface area is 131 Å². The van der Waals surface area contributed by atoms with Crippen LogP contribution < -0.4 is 10.5 Å². The van der Waals surface area contributed by atoms with Crippen LogP contribution in [0.3, 0.4) is 0 Å². The Kier molecular flexibility index (Phi) is 7.24. The lowest BCUT2D eigenvalue weighted by molar-refractivity contribution is 0.133. The maximum absolute atomic E-state index is 12.2. The van der Waals surface area contributed by atoms with Gasteiger partial charge in [0.1, 0.15) is 4.99 Å². The highest BCUT2D eigenvalue weighted by Gasteiger charge is 2.16. The monoisotopic (exact) mass is 330 g/mol. The van der Waals surface area contributed by atoms with Gasteiger partial charge in [0.2, 0.25) is 10.0 Å². The minimum absolute atomic E-state index is 0.247. The molecule has 0 saturated carbocycles. The highest BCUT2D eigenvalue weighted by molar-refractivity contribution is 7.89. The van der Waals surface area contributed by atoms with Gasteiger partial charge >= 0.3 is 0 Å². The number of hydrogen-bond acceptors (Lipinski definition) is 4. The van der Waals surface area contributed by atoms with Crippen LogP contribution in [0.15, 0.2) is 23.1 Å². The summed E-state index contributed by atoms with van der Waals surface area (Å²) in [6, 6.07) is 4.83. The van der Waals surface area contributed by atoms with Crippen LogP contribution in [0.4, 0.5) is 0 Å². The van der Waals surface area contributed by atoms with Crippen LogP contribution in [0.5, 0.6) is 0 Å². The molecule has 0 bridgehead atoms. The van der Waals surface area contributed by atoms with Crippen LogP contribution in [0.1, 0.15) is 30.9 Å². The molecule has 0 aliphatic carbocycles. The van der Waals surface area contributed by atoms with Crippen LogP contribution in [-0.4, -0.2) is 33.2 Å². The third-order valence-corrected chi connectivity index (χ3v) is 4.71. The zero-order valence-corrected chi connectivity index (χ0v) is 14.0. The van der Waals surface area contributed by atoms with Crippen molar-refractivity contribution in [3.63, 3.8) is 0 Å². The van der Waals surface area contributed by atoms with E-state index in [1.165, 1.54) is 6.07 Å². The van der Waals surface area contributed by atoms with Crippen molar-refractivity contribution in [3.8, 4) is 0 Å². The van der Waals surface area contributed by atoms with E-state index in [0.717, 1.165) is 6.42 Å². The number of hydrogen-bond donors (Lipinski definition) is 2. The van der Waals surface area contributed by atoms with E-state index in [-0.39, 0.29) is 9.88 Å². The quantitative estimate of drug-likeness (QED) is 0.532. The van der Waals surface area contributed by atoms with Gasteiger partial charge in [0.25, 0.3) is 0 Å². The highest BCUT2D eigenvalue weighted by atomic mass is 32.2. The smallest absolute Gasteiger partial charge is 0.240 e. The number of rotatable bonds is 9. The molecule has 0 saturated heterocycles. The summed E-state index contributed by atoms with van der Waals surface area (Å²) in [4.78, 5) is 0.500. The van der Waals surface area contributed by atoms with Gasteiger partial charge in [0, 0.05) is 25.3 Å². The van der Waals surface area contributed by atoms with Gasteiger partial charge in [0.15, 0.2) is 0 Å². The van der Waals surface area contributed by atoms with Gasteiger partial charge in [-0.3, -0.25) is 0 Å². The summed E-state index contributed by atoms with van der Waals surface area (Å²) in [6.07, 6.45) is 1.60. The predicted octanol–water partition coefficient (Wildman–Crippen LogP) is 1.72. The molecule has 0 fully saturated rings. The van der Waals surface area contributed by atoms with Crippen molar-refractivity contribution in [2.75, 3.05) is 19.8 Å². The highest BCUT2D eigenvalue weighted by Crippen LogP contribution is 2.16. The molecule has 0 radical (unpaired) electrons. The maximum atomic E-state index is 12.2. The van der Waals surface area contributed by atoms with Crippen molar-refractivity contribution in [3.05, 3.63) is 29.3 Å². The fourth-order valence-corrected chi connectivity index (χ4v) is 3.23. The van der Waals surface area contributed by atoms with Crippen molar-refractivity contribution in [2.45, 2.75) is 31.6 Å². The molecule has 1 rings (SSSR count). The average molecular weight is 330 g/mol. The topological polar surface area (TPSA) is 81.4 Å². The van der Waals surface area contributed by atoms with Crippen molar-refractivity contribution < 1.29 is 13.2 Å². The van der Waals surface area contributed by atoms with Crippen LogP contribution >= 0.6 is 12.2 Å². The summed E-state index contributed by atoms with van der Waals surface area (Å²) in [5.41, 5.74) is 6.81. The van der Waals surface area contributed by atoms with Gasteiger partial charge in [-0.1, -0.05) is 25.2 Å². The summed E-state index contributed by atoms with van der Waals surface area (Å²) in [5.74, 6) is 0. The number of ether oxygens (including phenoxy) is 1. The Hall–Kier alpha value is -1.02. The molecule has 5 nitrogen and oxygen atoms in total. The first-order chi connectivity index (χ1) is 9.88. The zero-order chi connectivity index (χ0) is 15.9. The lowest BCUT2D eigenvalue weighted by Crippen LogP contribution is -2.26. The Morgan fingerprint density at radius 3 is 2.67 bits per heavy atom. The first kappa shape index (κ1) is 18.0. The minimum atomic E-state index is -3.52. The SMILES string of the molecule is CCCOCCCNS(=O)(=O)c1ccc(C(N)=S)cc1C. The largest absolute Gasteiger partial charge is 0.389 e. The molecule has 3 N–H and O–H groups in total. The first-order valence-electron chi connectivity index (χ1n) is 6.86. The van der Waals surface area contributed by atoms with Gasteiger partial charge < -0.3 is 10.5 Å². The molecule has 118 valence electrons. The zero-order valence-electron chi connectivity index (χ0n) is 12.4. The van der Waals surface area contributed by atoms with Crippen molar-refractivity contribution in [1.82, 2.24) is 4.72 Å². The summed E-state index contributed by atoms with van der Waals surface area (Å²) in [6.45, 7) is 5.35. The van der Waals surface area contributed by atoms with E-state index in [2.05, 4.69) is 4.72 Å². The van der Waals surface area contributed by atoms with E-state index in [1.807, 2.05) is 6.92 Å². The fraction of sp³-hybridized carbons (Fsp3) is 0.500. The van der Waals surface area contributed by atoms with Crippen LogP contribution in [0.25, 0.3) is 0 Å². The summed E-state index contributed by atoms with van der Waals surface area (Å²) in [7, 11) is -3.52. The van der Waals surface area contributed by atoms with E-state index in [4.69, 9.17) is 22.7 Å². The minimum Gasteiger partial charge on any atom is -0.389 e. The van der Waals surface area contributed by atoms with Crippen molar-refractivity contribution in [1.29, 1.82) is 0 Å². The molecular formula is C14H22N2O3S2. The normalized spacial score (nSPS) is 11.5. The molecule has 21 heavy (non-hydrogen) atoms. The van der Waals surface area contributed by atoms with Gasteiger partial charge in [-0.25, -0.2) is 13.1 Å². The molecule has 0 aromatic heterocycles. The number of nitrogens with two attached hydrogens (primary N) is 1. The number of benzene rings is 1. The van der Waals surface area contributed by atoms with E-state index in [0.29, 0.717) is 37.3 Å². The third-order valence-electron chi connectivity index (χ3n) is 2.85. The van der Waals surface area contributed by atoms with Crippen LogP contribution in [0.2, 0.25) is 0 Å².